The van der Waals surface area contributed by atoms with Crippen molar-refractivity contribution in [2.24, 2.45) is 0 Å². The second-order valence-electron chi connectivity index (χ2n) is 2.72. The van der Waals surface area contributed by atoms with Gasteiger partial charge in [-0.1, -0.05) is 0 Å². The molecule has 70 valence electrons. The molecule has 0 atom stereocenters. The molecule has 1 fully saturated rings. The average molecular weight is 248 g/mol. The van der Waals surface area contributed by atoms with Crippen LogP contribution in [0.5, 0.6) is 5.88 Å². The Morgan fingerprint density at radius 1 is 1.62 bits per heavy atom. The summed E-state index contributed by atoms with van der Waals surface area (Å²) >= 11 is 3.11. The van der Waals surface area contributed by atoms with E-state index in [0.29, 0.717) is 17.7 Å². The van der Waals surface area contributed by atoms with Crippen LogP contribution in [0.2, 0.25) is 0 Å². The van der Waals surface area contributed by atoms with Crippen LogP contribution in [0.3, 0.4) is 0 Å². The molecular weight excluding hydrogens is 241 g/mol. The van der Waals surface area contributed by atoms with Crippen molar-refractivity contribution in [2.45, 2.75) is 6.10 Å². The molecule has 5 heteroatoms. The largest absolute Gasteiger partial charge is 0.467 e. The van der Waals surface area contributed by atoms with Gasteiger partial charge < -0.3 is 9.47 Å². The molecule has 1 aliphatic rings. The van der Waals surface area contributed by atoms with Crippen molar-refractivity contribution in [1.82, 2.24) is 4.98 Å². The van der Waals surface area contributed by atoms with Gasteiger partial charge in [0.1, 0.15) is 6.10 Å². The van der Waals surface area contributed by atoms with Crippen LogP contribution in [-0.2, 0) is 4.74 Å². The van der Waals surface area contributed by atoms with Crippen molar-refractivity contribution in [3.05, 3.63) is 22.6 Å². The van der Waals surface area contributed by atoms with Crippen LogP contribution in [0.25, 0.3) is 0 Å². The van der Waals surface area contributed by atoms with Crippen LogP contribution in [0.4, 0.5) is 4.39 Å². The van der Waals surface area contributed by atoms with Gasteiger partial charge in [0.25, 0.3) is 5.88 Å². The van der Waals surface area contributed by atoms with E-state index < -0.39 is 5.82 Å². The van der Waals surface area contributed by atoms with Gasteiger partial charge in [0.15, 0.2) is 5.82 Å². The molecule has 1 aromatic rings. The highest BCUT2D eigenvalue weighted by atomic mass is 79.9. The first-order chi connectivity index (χ1) is 6.25. The molecule has 0 N–H and O–H groups in total. The quantitative estimate of drug-likeness (QED) is 0.799. The fourth-order valence-electron chi connectivity index (χ4n) is 0.929. The van der Waals surface area contributed by atoms with Crippen LogP contribution < -0.4 is 4.74 Å². The molecule has 0 aliphatic carbocycles. The van der Waals surface area contributed by atoms with E-state index in [1.807, 2.05) is 0 Å². The third kappa shape index (κ3) is 1.97. The molecular formula is C8H7BrFNO2. The summed E-state index contributed by atoms with van der Waals surface area (Å²) in [6.45, 7) is 1.02. The van der Waals surface area contributed by atoms with E-state index >= 15 is 0 Å². The smallest absolute Gasteiger partial charge is 0.250 e. The van der Waals surface area contributed by atoms with Crippen LogP contribution >= 0.6 is 15.9 Å². The second kappa shape index (κ2) is 3.59. The molecule has 1 saturated heterocycles. The molecule has 0 bridgehead atoms. The maximum Gasteiger partial charge on any atom is 0.250 e. The minimum atomic E-state index is -0.457. The molecule has 0 aromatic carbocycles. The Hall–Kier alpha value is -0.680. The molecule has 0 unspecified atom stereocenters. The van der Waals surface area contributed by atoms with E-state index in [1.165, 1.54) is 12.3 Å². The first-order valence-corrected chi connectivity index (χ1v) is 4.60. The Labute approximate surface area is 83.0 Å². The van der Waals surface area contributed by atoms with Crippen LogP contribution in [0.1, 0.15) is 0 Å². The van der Waals surface area contributed by atoms with E-state index in [0.717, 1.165) is 0 Å². The minimum absolute atomic E-state index is 0.0384. The zero-order valence-electron chi connectivity index (χ0n) is 6.67. The van der Waals surface area contributed by atoms with Crippen molar-refractivity contribution in [3.63, 3.8) is 0 Å². The highest BCUT2D eigenvalue weighted by Gasteiger charge is 2.22. The molecule has 0 radical (unpaired) electrons. The summed E-state index contributed by atoms with van der Waals surface area (Å²) in [4.78, 5) is 3.80. The Balaban J connectivity index is 2.10. The lowest BCUT2D eigenvalue weighted by molar-refractivity contribution is -0.0826. The van der Waals surface area contributed by atoms with E-state index in [4.69, 9.17) is 9.47 Å². The summed E-state index contributed by atoms with van der Waals surface area (Å²) in [7, 11) is 0. The standard InChI is InChI=1S/C8H7BrFNO2/c9-5-1-7(10)8(11-2-5)13-6-3-12-4-6/h1-2,6H,3-4H2. The van der Waals surface area contributed by atoms with Crippen LogP contribution in [-0.4, -0.2) is 24.3 Å². The topological polar surface area (TPSA) is 31.4 Å². The number of halogens is 2. The molecule has 0 spiro atoms. The molecule has 2 heterocycles. The number of ether oxygens (including phenoxy) is 2. The Bertz CT molecular complexity index is 317. The zero-order valence-corrected chi connectivity index (χ0v) is 8.25. The SMILES string of the molecule is Fc1cc(Br)cnc1OC1COC1. The van der Waals surface area contributed by atoms with Gasteiger partial charge in [-0.2, -0.15) is 0 Å². The average Bonchev–Trinajstić information content (AvgIpc) is 1.99. The zero-order chi connectivity index (χ0) is 9.26. The summed E-state index contributed by atoms with van der Waals surface area (Å²) in [6.07, 6.45) is 1.45. The van der Waals surface area contributed by atoms with E-state index in [1.54, 1.807) is 0 Å². The molecule has 13 heavy (non-hydrogen) atoms. The molecule has 1 aromatic heterocycles. The molecule has 0 saturated carbocycles. The highest BCUT2D eigenvalue weighted by Crippen LogP contribution is 2.20. The van der Waals surface area contributed by atoms with Crippen molar-refractivity contribution in [2.75, 3.05) is 13.2 Å². The summed E-state index contributed by atoms with van der Waals surface area (Å²) in [5, 5.41) is 0. The number of rotatable bonds is 2. The Morgan fingerprint density at radius 3 is 2.92 bits per heavy atom. The second-order valence-corrected chi connectivity index (χ2v) is 3.63. The van der Waals surface area contributed by atoms with Gasteiger partial charge in [-0.05, 0) is 22.0 Å². The summed E-state index contributed by atoms with van der Waals surface area (Å²) in [5.74, 6) is -0.419. The van der Waals surface area contributed by atoms with E-state index in [9.17, 15) is 4.39 Å². The lowest BCUT2D eigenvalue weighted by Gasteiger charge is -2.26. The first-order valence-electron chi connectivity index (χ1n) is 3.81. The number of aromatic nitrogens is 1. The third-order valence-corrected chi connectivity index (χ3v) is 2.09. The molecule has 3 nitrogen and oxygen atoms in total. The predicted molar refractivity (Wildman–Crippen MR) is 47.1 cm³/mol. The monoisotopic (exact) mass is 247 g/mol. The van der Waals surface area contributed by atoms with Gasteiger partial charge >= 0.3 is 0 Å². The number of hydrogen-bond donors (Lipinski definition) is 0. The predicted octanol–water partition coefficient (Wildman–Crippen LogP) is 1.76. The molecule has 2 rings (SSSR count). The fraction of sp³-hybridized carbons (Fsp3) is 0.375. The Kier molecular flexibility index (Phi) is 2.46. The van der Waals surface area contributed by atoms with Gasteiger partial charge in [-0.3, -0.25) is 0 Å². The lowest BCUT2D eigenvalue weighted by atomic mass is 10.3. The van der Waals surface area contributed by atoms with Gasteiger partial charge in [0.05, 0.1) is 13.2 Å². The summed E-state index contributed by atoms with van der Waals surface area (Å²) in [5.41, 5.74) is 0. The minimum Gasteiger partial charge on any atom is -0.467 e. The fourth-order valence-corrected chi connectivity index (χ4v) is 1.23. The van der Waals surface area contributed by atoms with Crippen LogP contribution in [0.15, 0.2) is 16.7 Å². The first kappa shape index (κ1) is 8.90. The number of nitrogens with zero attached hydrogens (tertiary/aromatic N) is 1. The maximum absolute atomic E-state index is 13.1. The van der Waals surface area contributed by atoms with Gasteiger partial charge in [-0.15, -0.1) is 0 Å². The van der Waals surface area contributed by atoms with Crippen LogP contribution in [0, 0.1) is 5.82 Å². The number of pyridine rings is 1. The molecule has 1 aliphatic heterocycles. The Morgan fingerprint density at radius 2 is 2.38 bits per heavy atom. The van der Waals surface area contributed by atoms with E-state index in [-0.39, 0.29) is 12.0 Å². The maximum atomic E-state index is 13.1. The summed E-state index contributed by atoms with van der Waals surface area (Å²) < 4.78 is 23.8. The highest BCUT2D eigenvalue weighted by molar-refractivity contribution is 9.10. The van der Waals surface area contributed by atoms with Gasteiger partial charge in [-0.25, -0.2) is 9.37 Å². The van der Waals surface area contributed by atoms with Crippen molar-refractivity contribution in [3.8, 4) is 5.88 Å². The molecule has 0 amide bonds. The van der Waals surface area contributed by atoms with Crippen molar-refractivity contribution < 1.29 is 13.9 Å². The number of hydrogen-bond acceptors (Lipinski definition) is 3. The normalized spacial score (nSPS) is 16.8. The van der Waals surface area contributed by atoms with Crippen molar-refractivity contribution >= 4 is 15.9 Å². The summed E-state index contributed by atoms with van der Waals surface area (Å²) in [6, 6.07) is 1.32. The van der Waals surface area contributed by atoms with Gasteiger partial charge in [0.2, 0.25) is 0 Å². The van der Waals surface area contributed by atoms with Crippen molar-refractivity contribution in [1.29, 1.82) is 0 Å². The lowest BCUT2D eigenvalue weighted by Crippen LogP contribution is -2.39. The third-order valence-electron chi connectivity index (χ3n) is 1.66. The van der Waals surface area contributed by atoms with Gasteiger partial charge in [0, 0.05) is 10.7 Å². The van der Waals surface area contributed by atoms with E-state index in [2.05, 4.69) is 20.9 Å².